The lowest BCUT2D eigenvalue weighted by Gasteiger charge is -2.25. The van der Waals surface area contributed by atoms with Crippen molar-refractivity contribution in [2.75, 3.05) is 13.1 Å². The Labute approximate surface area is 165 Å². The summed E-state index contributed by atoms with van der Waals surface area (Å²) in [5.74, 6) is 3.50. The Morgan fingerprint density at radius 3 is 3.20 bits per heavy atom. The van der Waals surface area contributed by atoms with E-state index in [0.29, 0.717) is 13.1 Å². The molecule has 136 valence electrons. The maximum absolute atomic E-state index is 5.35. The quantitative estimate of drug-likeness (QED) is 0.303. The summed E-state index contributed by atoms with van der Waals surface area (Å²) in [7, 11) is 0. The number of nitrogens with zero attached hydrogens (tertiary/aromatic N) is 4. The fraction of sp³-hybridized carbons (Fsp3) is 0.471. The van der Waals surface area contributed by atoms with Gasteiger partial charge < -0.3 is 15.1 Å². The lowest BCUT2D eigenvalue weighted by Crippen LogP contribution is -2.41. The molecule has 8 heteroatoms. The summed E-state index contributed by atoms with van der Waals surface area (Å²) < 4.78 is 7.34. The molecule has 2 N–H and O–H groups in total. The Kier molecular flexibility index (Phi) is 7.48. The van der Waals surface area contributed by atoms with E-state index in [9.17, 15) is 0 Å². The Morgan fingerprint density at radius 2 is 2.44 bits per heavy atom. The van der Waals surface area contributed by atoms with Crippen molar-refractivity contribution in [1.82, 2.24) is 25.4 Å². The number of nitrogens with one attached hydrogen (secondary N) is 2. The highest BCUT2D eigenvalue weighted by Crippen LogP contribution is 2.22. The summed E-state index contributed by atoms with van der Waals surface area (Å²) in [5.41, 5.74) is 0. The number of aryl methyl sites for hydroxylation is 2. The molecule has 0 aromatic carbocycles. The summed E-state index contributed by atoms with van der Waals surface area (Å²) in [6.45, 7) is 7.92. The van der Waals surface area contributed by atoms with Crippen LogP contribution in [0.2, 0.25) is 0 Å². The van der Waals surface area contributed by atoms with Crippen molar-refractivity contribution in [3.05, 3.63) is 48.5 Å². The minimum Gasteiger partial charge on any atom is -0.469 e. The second-order valence-electron chi connectivity index (χ2n) is 5.81. The van der Waals surface area contributed by atoms with Crippen molar-refractivity contribution in [1.29, 1.82) is 0 Å². The van der Waals surface area contributed by atoms with Crippen LogP contribution in [0.4, 0.5) is 0 Å². The van der Waals surface area contributed by atoms with Crippen LogP contribution in [-0.2, 0) is 13.0 Å². The van der Waals surface area contributed by atoms with Crippen LogP contribution < -0.4 is 10.6 Å². The van der Waals surface area contributed by atoms with Crippen LogP contribution in [0.1, 0.15) is 36.3 Å². The number of fused-ring (bicyclic) bond motifs is 1. The first kappa shape index (κ1) is 19.5. The van der Waals surface area contributed by atoms with Gasteiger partial charge in [0.1, 0.15) is 17.4 Å². The van der Waals surface area contributed by atoms with E-state index in [2.05, 4.69) is 32.3 Å². The van der Waals surface area contributed by atoms with E-state index in [0.717, 1.165) is 49.2 Å². The molecule has 2 aromatic heterocycles. The van der Waals surface area contributed by atoms with E-state index in [1.54, 1.807) is 6.26 Å². The smallest absolute Gasteiger partial charge is 0.192 e. The SMILES string of the molecule is C=CCNC(=NCCc1ccco1)NC1CCCn2nc(C)nc21.I. The minimum atomic E-state index is 0. The van der Waals surface area contributed by atoms with E-state index in [-0.39, 0.29) is 30.0 Å². The molecule has 2 aromatic rings. The van der Waals surface area contributed by atoms with Crippen molar-refractivity contribution in [3.8, 4) is 0 Å². The molecule has 0 aliphatic carbocycles. The fourth-order valence-electron chi connectivity index (χ4n) is 2.82. The van der Waals surface area contributed by atoms with E-state index in [4.69, 9.17) is 4.42 Å². The average molecular weight is 456 g/mol. The van der Waals surface area contributed by atoms with E-state index >= 15 is 0 Å². The van der Waals surface area contributed by atoms with Gasteiger partial charge in [0.2, 0.25) is 0 Å². The first-order valence-corrected chi connectivity index (χ1v) is 8.35. The van der Waals surface area contributed by atoms with Gasteiger partial charge >= 0.3 is 0 Å². The highest BCUT2D eigenvalue weighted by atomic mass is 127. The van der Waals surface area contributed by atoms with Gasteiger partial charge in [-0.2, -0.15) is 5.10 Å². The van der Waals surface area contributed by atoms with E-state index < -0.39 is 0 Å². The van der Waals surface area contributed by atoms with Gasteiger partial charge in [-0.25, -0.2) is 9.67 Å². The maximum atomic E-state index is 5.35. The maximum Gasteiger partial charge on any atom is 0.192 e. The first-order chi connectivity index (χ1) is 11.8. The largest absolute Gasteiger partial charge is 0.469 e. The molecule has 3 heterocycles. The number of guanidine groups is 1. The lowest BCUT2D eigenvalue weighted by atomic mass is 10.1. The van der Waals surface area contributed by atoms with Crippen molar-refractivity contribution >= 4 is 29.9 Å². The lowest BCUT2D eigenvalue weighted by molar-refractivity contribution is 0.398. The standard InChI is InChI=1S/C17H24N6O.HI/c1-3-9-18-17(19-10-8-14-6-5-12-24-14)21-15-7-4-11-23-16(15)20-13(2)22-23;/h3,5-6,12,15H,1,4,7-11H2,2H3,(H2,18,19,21);1H. The van der Waals surface area contributed by atoms with Gasteiger partial charge in [-0.05, 0) is 31.9 Å². The average Bonchev–Trinajstić information content (AvgIpc) is 3.21. The van der Waals surface area contributed by atoms with Gasteiger partial charge in [-0.15, -0.1) is 30.6 Å². The molecule has 25 heavy (non-hydrogen) atoms. The van der Waals surface area contributed by atoms with Gasteiger partial charge in [0, 0.05) is 26.1 Å². The van der Waals surface area contributed by atoms with Crippen LogP contribution >= 0.6 is 24.0 Å². The zero-order valence-corrected chi connectivity index (χ0v) is 16.8. The summed E-state index contributed by atoms with van der Waals surface area (Å²) >= 11 is 0. The number of hydrogen-bond donors (Lipinski definition) is 2. The zero-order chi connectivity index (χ0) is 16.8. The normalized spacial score (nSPS) is 16.7. The molecule has 0 bridgehead atoms. The highest BCUT2D eigenvalue weighted by Gasteiger charge is 2.24. The molecule has 0 saturated carbocycles. The summed E-state index contributed by atoms with van der Waals surface area (Å²) in [5, 5.41) is 11.2. The molecular weight excluding hydrogens is 431 g/mol. The van der Waals surface area contributed by atoms with Crippen LogP contribution in [0.15, 0.2) is 40.5 Å². The van der Waals surface area contributed by atoms with Crippen LogP contribution in [0, 0.1) is 6.92 Å². The number of furan rings is 1. The first-order valence-electron chi connectivity index (χ1n) is 8.35. The summed E-state index contributed by atoms with van der Waals surface area (Å²) in [6, 6.07) is 3.98. The molecule has 0 amide bonds. The molecular formula is C17H25IN6O. The molecule has 0 spiro atoms. The van der Waals surface area contributed by atoms with Crippen molar-refractivity contribution in [3.63, 3.8) is 0 Å². The van der Waals surface area contributed by atoms with Crippen LogP contribution in [-0.4, -0.2) is 33.8 Å². The Bertz CT molecular complexity index is 694. The van der Waals surface area contributed by atoms with Gasteiger partial charge in [-0.3, -0.25) is 4.99 Å². The van der Waals surface area contributed by atoms with Crippen molar-refractivity contribution in [2.45, 2.75) is 38.8 Å². The minimum absolute atomic E-state index is 0. The predicted octanol–water partition coefficient (Wildman–Crippen LogP) is 2.60. The number of aromatic nitrogens is 3. The molecule has 0 radical (unpaired) electrons. The van der Waals surface area contributed by atoms with Gasteiger partial charge in [-0.1, -0.05) is 6.08 Å². The molecule has 1 aliphatic rings. The molecule has 0 saturated heterocycles. The molecule has 1 unspecified atom stereocenters. The third-order valence-corrected chi connectivity index (χ3v) is 3.91. The monoisotopic (exact) mass is 456 g/mol. The number of rotatable bonds is 6. The second-order valence-corrected chi connectivity index (χ2v) is 5.81. The summed E-state index contributed by atoms with van der Waals surface area (Å²) in [6.07, 6.45) is 6.37. The number of halogens is 1. The van der Waals surface area contributed by atoms with Crippen molar-refractivity contribution in [2.24, 2.45) is 4.99 Å². The van der Waals surface area contributed by atoms with Crippen LogP contribution in [0.25, 0.3) is 0 Å². The molecule has 3 rings (SSSR count). The third-order valence-electron chi connectivity index (χ3n) is 3.91. The van der Waals surface area contributed by atoms with Gasteiger partial charge in [0.25, 0.3) is 0 Å². The molecule has 0 fully saturated rings. The van der Waals surface area contributed by atoms with Crippen molar-refractivity contribution < 1.29 is 4.42 Å². The van der Waals surface area contributed by atoms with Crippen LogP contribution in [0.5, 0.6) is 0 Å². The number of aliphatic imine (C=N–C) groups is 1. The van der Waals surface area contributed by atoms with E-state index in [1.807, 2.05) is 29.8 Å². The van der Waals surface area contributed by atoms with Crippen LogP contribution in [0.3, 0.4) is 0 Å². The molecule has 1 aliphatic heterocycles. The van der Waals surface area contributed by atoms with Gasteiger partial charge in [0.15, 0.2) is 5.96 Å². The number of hydrogen-bond acceptors (Lipinski definition) is 4. The Balaban J connectivity index is 0.00000225. The van der Waals surface area contributed by atoms with E-state index in [1.165, 1.54) is 0 Å². The second kappa shape index (κ2) is 9.59. The Hall–Kier alpha value is -1.84. The Morgan fingerprint density at radius 1 is 1.56 bits per heavy atom. The topological polar surface area (TPSA) is 80.3 Å². The van der Waals surface area contributed by atoms with Gasteiger partial charge in [0.05, 0.1) is 12.3 Å². The fourth-order valence-corrected chi connectivity index (χ4v) is 2.82. The molecule has 1 atom stereocenters. The highest BCUT2D eigenvalue weighted by molar-refractivity contribution is 14.0. The predicted molar refractivity (Wildman–Crippen MR) is 108 cm³/mol. The summed E-state index contributed by atoms with van der Waals surface area (Å²) in [4.78, 5) is 9.20. The zero-order valence-electron chi connectivity index (χ0n) is 14.4. The third kappa shape index (κ3) is 5.32. The molecule has 7 nitrogen and oxygen atoms in total.